The zero-order chi connectivity index (χ0) is 13.2. The summed E-state index contributed by atoms with van der Waals surface area (Å²) in [6.07, 6.45) is 8.34. The Morgan fingerprint density at radius 3 is 2.79 bits per heavy atom. The van der Waals surface area contributed by atoms with E-state index in [4.69, 9.17) is 4.98 Å². The number of hydrogen-bond donors (Lipinski definition) is 1. The minimum atomic E-state index is 0.700. The second kappa shape index (κ2) is 5.65. The zero-order valence-corrected chi connectivity index (χ0v) is 13.0. The van der Waals surface area contributed by atoms with Crippen LogP contribution in [0.3, 0.4) is 0 Å². The average molecular weight is 325 g/mol. The number of nitrogens with one attached hydrogen (secondary N) is 1. The molecular formula is C14H21BrN4. The van der Waals surface area contributed by atoms with Crippen LogP contribution in [0.25, 0.3) is 0 Å². The predicted molar refractivity (Wildman–Crippen MR) is 81.6 cm³/mol. The van der Waals surface area contributed by atoms with Crippen molar-refractivity contribution in [3.05, 3.63) is 10.7 Å². The van der Waals surface area contributed by atoms with Gasteiger partial charge in [-0.05, 0) is 54.0 Å². The number of hydrogen-bond acceptors (Lipinski definition) is 4. The summed E-state index contributed by atoms with van der Waals surface area (Å²) in [5.74, 6) is 2.71. The van der Waals surface area contributed by atoms with Gasteiger partial charge in [-0.2, -0.15) is 4.98 Å². The van der Waals surface area contributed by atoms with Gasteiger partial charge in [0.05, 0.1) is 4.47 Å². The lowest BCUT2D eigenvalue weighted by molar-refractivity contribution is 0.706. The fraction of sp³-hybridized carbons (Fsp3) is 0.714. The van der Waals surface area contributed by atoms with Gasteiger partial charge in [-0.3, -0.25) is 0 Å². The van der Waals surface area contributed by atoms with E-state index in [1.54, 1.807) is 0 Å². The Bertz CT molecular complexity index is 443. The first-order chi connectivity index (χ1) is 9.28. The van der Waals surface area contributed by atoms with Crippen LogP contribution in [0.1, 0.15) is 39.0 Å². The summed E-state index contributed by atoms with van der Waals surface area (Å²) >= 11 is 3.61. The third-order valence-corrected chi connectivity index (χ3v) is 4.23. The van der Waals surface area contributed by atoms with Gasteiger partial charge in [0.25, 0.3) is 0 Å². The molecule has 19 heavy (non-hydrogen) atoms. The molecule has 0 spiro atoms. The van der Waals surface area contributed by atoms with Crippen LogP contribution in [-0.2, 0) is 0 Å². The molecule has 4 nitrogen and oxygen atoms in total. The van der Waals surface area contributed by atoms with E-state index in [1.165, 1.54) is 25.7 Å². The van der Waals surface area contributed by atoms with Gasteiger partial charge in [-0.25, -0.2) is 4.98 Å². The highest BCUT2D eigenvalue weighted by Crippen LogP contribution is 2.39. The summed E-state index contributed by atoms with van der Waals surface area (Å²) in [6.45, 7) is 4.23. The summed E-state index contributed by atoms with van der Waals surface area (Å²) in [7, 11) is 0. The maximum atomic E-state index is 4.71. The average Bonchev–Trinajstić information content (AvgIpc) is 3.27. The molecule has 0 amide bonds. The van der Waals surface area contributed by atoms with Crippen LogP contribution in [0.15, 0.2) is 10.7 Å². The maximum Gasteiger partial charge on any atom is 0.224 e. The SMILES string of the molecule is CCCNc1ncc(Br)c(N(CC2CC2)C2CC2)n1. The third-order valence-electron chi connectivity index (χ3n) is 3.67. The van der Waals surface area contributed by atoms with Gasteiger partial charge < -0.3 is 10.2 Å². The largest absolute Gasteiger partial charge is 0.354 e. The standard InChI is InChI=1S/C14H21BrN4/c1-2-7-16-14-17-8-12(15)13(18-14)19(11-5-6-11)9-10-3-4-10/h8,10-11H,2-7,9H2,1H3,(H,16,17,18). The van der Waals surface area contributed by atoms with Crippen LogP contribution in [0.2, 0.25) is 0 Å². The van der Waals surface area contributed by atoms with E-state index in [9.17, 15) is 0 Å². The van der Waals surface area contributed by atoms with Crippen molar-refractivity contribution in [3.8, 4) is 0 Å². The number of nitrogens with zero attached hydrogens (tertiary/aromatic N) is 3. The minimum absolute atomic E-state index is 0.700. The molecular weight excluding hydrogens is 304 g/mol. The quantitative estimate of drug-likeness (QED) is 0.834. The molecule has 3 rings (SSSR count). The second-order valence-corrected chi connectivity index (χ2v) is 6.47. The molecule has 0 radical (unpaired) electrons. The number of anilines is 2. The Labute approximate surface area is 123 Å². The minimum Gasteiger partial charge on any atom is -0.354 e. The Morgan fingerprint density at radius 1 is 1.37 bits per heavy atom. The second-order valence-electron chi connectivity index (χ2n) is 5.62. The van der Waals surface area contributed by atoms with Crippen molar-refractivity contribution in [2.45, 2.75) is 45.1 Å². The molecule has 2 aliphatic rings. The molecule has 0 atom stereocenters. The molecule has 0 aromatic carbocycles. The van der Waals surface area contributed by atoms with Gasteiger partial charge in [0, 0.05) is 25.3 Å². The first-order valence-electron chi connectivity index (χ1n) is 7.31. The van der Waals surface area contributed by atoms with Gasteiger partial charge in [0.2, 0.25) is 5.95 Å². The Balaban J connectivity index is 1.78. The Morgan fingerprint density at radius 2 is 2.16 bits per heavy atom. The van der Waals surface area contributed by atoms with Gasteiger partial charge in [-0.1, -0.05) is 6.92 Å². The van der Waals surface area contributed by atoms with Crippen LogP contribution in [0, 0.1) is 5.92 Å². The molecule has 104 valence electrons. The van der Waals surface area contributed by atoms with Gasteiger partial charge in [0.1, 0.15) is 5.82 Å². The Hall–Kier alpha value is -0.840. The molecule has 1 aromatic heterocycles. The normalized spacial score (nSPS) is 18.4. The molecule has 0 saturated heterocycles. The van der Waals surface area contributed by atoms with Crippen LogP contribution in [-0.4, -0.2) is 29.1 Å². The third kappa shape index (κ3) is 3.38. The van der Waals surface area contributed by atoms with Crippen molar-refractivity contribution in [1.82, 2.24) is 9.97 Å². The van der Waals surface area contributed by atoms with Crippen molar-refractivity contribution < 1.29 is 0 Å². The lowest BCUT2D eigenvalue weighted by Gasteiger charge is -2.24. The van der Waals surface area contributed by atoms with E-state index >= 15 is 0 Å². The van der Waals surface area contributed by atoms with Crippen molar-refractivity contribution in [2.24, 2.45) is 5.92 Å². The zero-order valence-electron chi connectivity index (χ0n) is 11.4. The topological polar surface area (TPSA) is 41.1 Å². The Kier molecular flexibility index (Phi) is 3.91. The summed E-state index contributed by atoms with van der Waals surface area (Å²) in [6, 6.07) is 0.700. The fourth-order valence-corrected chi connectivity index (χ4v) is 2.67. The van der Waals surface area contributed by atoms with Crippen molar-refractivity contribution in [2.75, 3.05) is 23.3 Å². The van der Waals surface area contributed by atoms with Crippen LogP contribution in [0.5, 0.6) is 0 Å². The molecule has 0 aliphatic heterocycles. The van der Waals surface area contributed by atoms with E-state index in [1.807, 2.05) is 6.20 Å². The van der Waals surface area contributed by atoms with E-state index in [-0.39, 0.29) is 0 Å². The summed E-state index contributed by atoms with van der Waals surface area (Å²) in [5.41, 5.74) is 0. The van der Waals surface area contributed by atoms with E-state index < -0.39 is 0 Å². The first kappa shape index (κ1) is 13.2. The summed E-state index contributed by atoms with van der Waals surface area (Å²) < 4.78 is 1.02. The molecule has 5 heteroatoms. The van der Waals surface area contributed by atoms with Gasteiger partial charge in [-0.15, -0.1) is 0 Å². The molecule has 0 bridgehead atoms. The molecule has 1 aromatic rings. The molecule has 1 heterocycles. The number of aromatic nitrogens is 2. The summed E-state index contributed by atoms with van der Waals surface area (Å²) in [5, 5.41) is 3.28. The molecule has 2 aliphatic carbocycles. The van der Waals surface area contributed by atoms with E-state index in [0.717, 1.165) is 41.7 Å². The van der Waals surface area contributed by atoms with Crippen LogP contribution < -0.4 is 10.2 Å². The highest BCUT2D eigenvalue weighted by Gasteiger charge is 2.35. The van der Waals surface area contributed by atoms with Crippen molar-refractivity contribution in [3.63, 3.8) is 0 Å². The van der Waals surface area contributed by atoms with E-state index in [0.29, 0.717) is 6.04 Å². The lowest BCUT2D eigenvalue weighted by atomic mass is 10.3. The molecule has 2 fully saturated rings. The highest BCUT2D eigenvalue weighted by atomic mass is 79.9. The van der Waals surface area contributed by atoms with Crippen molar-refractivity contribution in [1.29, 1.82) is 0 Å². The number of rotatable bonds is 7. The maximum absolute atomic E-state index is 4.71. The van der Waals surface area contributed by atoms with Crippen molar-refractivity contribution >= 4 is 27.7 Å². The fourth-order valence-electron chi connectivity index (χ4n) is 2.25. The highest BCUT2D eigenvalue weighted by molar-refractivity contribution is 9.10. The van der Waals surface area contributed by atoms with Gasteiger partial charge >= 0.3 is 0 Å². The lowest BCUT2D eigenvalue weighted by Crippen LogP contribution is -2.29. The van der Waals surface area contributed by atoms with E-state index in [2.05, 4.69) is 38.1 Å². The monoisotopic (exact) mass is 324 g/mol. The predicted octanol–water partition coefficient (Wildman–Crippen LogP) is 3.44. The molecule has 1 N–H and O–H groups in total. The summed E-state index contributed by atoms with van der Waals surface area (Å²) in [4.78, 5) is 11.5. The van der Waals surface area contributed by atoms with Gasteiger partial charge in [0.15, 0.2) is 0 Å². The molecule has 0 unspecified atom stereocenters. The smallest absolute Gasteiger partial charge is 0.224 e. The first-order valence-corrected chi connectivity index (χ1v) is 8.10. The molecule has 2 saturated carbocycles. The number of halogens is 1. The van der Waals surface area contributed by atoms with Crippen LogP contribution >= 0.6 is 15.9 Å². The van der Waals surface area contributed by atoms with Crippen LogP contribution in [0.4, 0.5) is 11.8 Å².